The molecule has 1 atom stereocenters. The van der Waals surface area contributed by atoms with Crippen LogP contribution in [0.4, 0.5) is 0 Å². The first-order chi connectivity index (χ1) is 6.61. The van der Waals surface area contributed by atoms with E-state index in [-0.39, 0.29) is 11.3 Å². The fourth-order valence-electron chi connectivity index (χ4n) is 1.39. The molecule has 5 nitrogen and oxygen atoms in total. The smallest absolute Gasteiger partial charge is 0.347 e. The molecule has 5 heteroatoms. The number of rotatable bonds is 3. The number of hydrogen-bond donors (Lipinski definition) is 2. The molecular weight excluding hydrogens is 186 g/mol. The lowest BCUT2D eigenvalue weighted by atomic mass is 10.1. The van der Waals surface area contributed by atoms with Gasteiger partial charge < -0.3 is 15.2 Å². The van der Waals surface area contributed by atoms with Gasteiger partial charge in [-0.15, -0.1) is 0 Å². The van der Waals surface area contributed by atoms with Crippen molar-refractivity contribution in [1.82, 2.24) is 5.32 Å². The minimum atomic E-state index is -0.793. The van der Waals surface area contributed by atoms with Crippen LogP contribution in [0.1, 0.15) is 19.8 Å². The number of methoxy groups -OCH3 is 1. The molecule has 0 aromatic carbocycles. The van der Waals surface area contributed by atoms with Crippen LogP contribution in [0.2, 0.25) is 0 Å². The molecule has 0 spiro atoms. The van der Waals surface area contributed by atoms with Gasteiger partial charge in [0.05, 0.1) is 13.2 Å². The molecule has 0 fully saturated rings. The summed E-state index contributed by atoms with van der Waals surface area (Å²) in [6.45, 7) is 1.93. The van der Waals surface area contributed by atoms with Crippen LogP contribution < -0.4 is 5.32 Å². The van der Waals surface area contributed by atoms with E-state index < -0.39 is 17.9 Å². The van der Waals surface area contributed by atoms with Crippen molar-refractivity contribution < 1.29 is 19.4 Å². The number of carbonyl (C=O) groups excluding carboxylic acids is 2. The van der Waals surface area contributed by atoms with Crippen molar-refractivity contribution >= 4 is 11.9 Å². The summed E-state index contributed by atoms with van der Waals surface area (Å²) in [5, 5.41) is 12.1. The molecule has 1 heterocycles. The predicted octanol–water partition coefficient (Wildman–Crippen LogP) is 0.270. The molecule has 0 aromatic rings. The Kier molecular flexibility index (Phi) is 3.11. The van der Waals surface area contributed by atoms with Gasteiger partial charge in [-0.05, 0) is 6.42 Å². The maximum Gasteiger partial charge on any atom is 0.347 e. The number of ether oxygens (including phenoxy) is 1. The van der Waals surface area contributed by atoms with Crippen molar-refractivity contribution in [3.05, 3.63) is 11.3 Å². The minimum Gasteiger partial charge on any atom is -0.509 e. The fourth-order valence-corrected chi connectivity index (χ4v) is 1.39. The maximum absolute atomic E-state index is 11.2. The van der Waals surface area contributed by atoms with Gasteiger partial charge in [-0.2, -0.15) is 0 Å². The van der Waals surface area contributed by atoms with E-state index in [9.17, 15) is 14.7 Å². The molecule has 78 valence electrons. The van der Waals surface area contributed by atoms with Crippen molar-refractivity contribution in [1.29, 1.82) is 0 Å². The Morgan fingerprint density at radius 3 is 2.79 bits per heavy atom. The van der Waals surface area contributed by atoms with Crippen LogP contribution >= 0.6 is 0 Å². The third-order valence-electron chi connectivity index (χ3n) is 2.09. The number of carbonyl (C=O) groups is 2. The molecule has 0 aliphatic carbocycles. The summed E-state index contributed by atoms with van der Waals surface area (Å²) in [6.07, 6.45) is 1.42. The highest BCUT2D eigenvalue weighted by atomic mass is 16.5. The lowest BCUT2D eigenvalue weighted by molar-refractivity contribution is -0.137. The van der Waals surface area contributed by atoms with Crippen molar-refractivity contribution in [2.75, 3.05) is 7.11 Å². The summed E-state index contributed by atoms with van der Waals surface area (Å²) in [4.78, 5) is 22.3. The molecule has 1 rings (SSSR count). The van der Waals surface area contributed by atoms with Gasteiger partial charge in [0, 0.05) is 0 Å². The summed E-state index contributed by atoms with van der Waals surface area (Å²) < 4.78 is 4.38. The normalized spacial score (nSPS) is 21.0. The Morgan fingerprint density at radius 2 is 2.29 bits per heavy atom. The highest BCUT2D eigenvalue weighted by Gasteiger charge is 2.35. The molecule has 2 N–H and O–H groups in total. The summed E-state index contributed by atoms with van der Waals surface area (Å²) in [5.41, 5.74) is -0.272. The van der Waals surface area contributed by atoms with Crippen LogP contribution in [0.15, 0.2) is 11.3 Å². The molecule has 0 saturated carbocycles. The van der Waals surface area contributed by atoms with Crippen LogP contribution in [0.5, 0.6) is 0 Å². The van der Waals surface area contributed by atoms with Crippen molar-refractivity contribution in [3.63, 3.8) is 0 Å². The van der Waals surface area contributed by atoms with Crippen LogP contribution in [0.3, 0.4) is 0 Å². The molecule has 1 aliphatic heterocycles. The quantitative estimate of drug-likeness (QED) is 0.505. The number of amides is 1. The molecule has 1 unspecified atom stereocenters. The van der Waals surface area contributed by atoms with E-state index >= 15 is 0 Å². The molecular formula is C9H13NO4. The van der Waals surface area contributed by atoms with Crippen molar-refractivity contribution in [3.8, 4) is 0 Å². The Hall–Kier alpha value is -1.52. The van der Waals surface area contributed by atoms with Gasteiger partial charge in [-0.25, -0.2) is 4.79 Å². The number of nitrogens with one attached hydrogen (secondary N) is 1. The predicted molar refractivity (Wildman–Crippen MR) is 48.5 cm³/mol. The molecule has 0 bridgehead atoms. The number of aliphatic hydroxyl groups excluding tert-OH is 1. The summed E-state index contributed by atoms with van der Waals surface area (Å²) in [5.74, 6) is -1.56. The summed E-state index contributed by atoms with van der Waals surface area (Å²) in [6, 6.07) is -0.443. The Balaban J connectivity index is 2.90. The van der Waals surface area contributed by atoms with E-state index in [4.69, 9.17) is 0 Å². The van der Waals surface area contributed by atoms with Gasteiger partial charge in [0.15, 0.2) is 5.57 Å². The molecule has 1 aliphatic rings. The molecule has 1 amide bonds. The second-order valence-electron chi connectivity index (χ2n) is 3.07. The van der Waals surface area contributed by atoms with E-state index in [0.717, 1.165) is 6.42 Å². The fraction of sp³-hybridized carbons (Fsp3) is 0.556. The van der Waals surface area contributed by atoms with Gasteiger partial charge in [-0.1, -0.05) is 13.3 Å². The highest BCUT2D eigenvalue weighted by molar-refractivity contribution is 6.18. The van der Waals surface area contributed by atoms with E-state index in [1.54, 1.807) is 0 Å². The largest absolute Gasteiger partial charge is 0.509 e. The molecule has 0 radical (unpaired) electrons. The minimum absolute atomic E-state index is 0.205. The van der Waals surface area contributed by atoms with Crippen LogP contribution in [-0.2, 0) is 14.3 Å². The van der Waals surface area contributed by atoms with E-state index in [0.29, 0.717) is 6.42 Å². The summed E-state index contributed by atoms with van der Waals surface area (Å²) in [7, 11) is 1.17. The third kappa shape index (κ3) is 1.71. The third-order valence-corrected chi connectivity index (χ3v) is 2.09. The zero-order valence-corrected chi connectivity index (χ0v) is 8.16. The average molecular weight is 199 g/mol. The van der Waals surface area contributed by atoms with Gasteiger partial charge in [0.25, 0.3) is 5.91 Å². The van der Waals surface area contributed by atoms with E-state index in [1.165, 1.54) is 7.11 Å². The topological polar surface area (TPSA) is 75.6 Å². The monoisotopic (exact) mass is 199 g/mol. The van der Waals surface area contributed by atoms with Crippen molar-refractivity contribution in [2.45, 2.75) is 25.8 Å². The van der Waals surface area contributed by atoms with Gasteiger partial charge in [0.1, 0.15) is 5.76 Å². The van der Waals surface area contributed by atoms with Gasteiger partial charge >= 0.3 is 5.97 Å². The maximum atomic E-state index is 11.2. The average Bonchev–Trinajstić information content (AvgIpc) is 2.42. The first-order valence-electron chi connectivity index (χ1n) is 4.44. The SMILES string of the molecule is CCCC1NC(=O)C(C(=O)OC)=C1O. The van der Waals surface area contributed by atoms with Crippen LogP contribution in [0.25, 0.3) is 0 Å². The summed E-state index contributed by atoms with van der Waals surface area (Å²) >= 11 is 0. The molecule has 0 aromatic heterocycles. The Bertz CT molecular complexity index is 295. The number of aliphatic hydroxyl groups is 1. The Morgan fingerprint density at radius 1 is 1.64 bits per heavy atom. The second-order valence-corrected chi connectivity index (χ2v) is 3.07. The number of esters is 1. The Labute approximate surface area is 81.7 Å². The first kappa shape index (κ1) is 10.6. The lowest BCUT2D eigenvalue weighted by Crippen LogP contribution is -2.29. The van der Waals surface area contributed by atoms with Crippen molar-refractivity contribution in [2.24, 2.45) is 0 Å². The van der Waals surface area contributed by atoms with Gasteiger partial charge in [0.2, 0.25) is 0 Å². The van der Waals surface area contributed by atoms with Crippen LogP contribution in [-0.4, -0.2) is 30.1 Å². The first-order valence-corrected chi connectivity index (χ1v) is 4.44. The molecule has 14 heavy (non-hydrogen) atoms. The standard InChI is InChI=1S/C9H13NO4/c1-3-4-5-7(11)6(8(12)10-5)9(13)14-2/h5,11H,3-4H2,1-2H3,(H,10,12). The lowest BCUT2D eigenvalue weighted by Gasteiger charge is -2.07. The second kappa shape index (κ2) is 4.13. The number of hydrogen-bond acceptors (Lipinski definition) is 4. The zero-order valence-electron chi connectivity index (χ0n) is 8.16. The van der Waals surface area contributed by atoms with Gasteiger partial charge in [-0.3, -0.25) is 4.79 Å². The van der Waals surface area contributed by atoms with E-state index in [1.807, 2.05) is 6.92 Å². The van der Waals surface area contributed by atoms with E-state index in [2.05, 4.69) is 10.1 Å². The molecule has 0 saturated heterocycles. The van der Waals surface area contributed by atoms with Crippen LogP contribution in [0, 0.1) is 0 Å². The highest BCUT2D eigenvalue weighted by Crippen LogP contribution is 2.19. The zero-order chi connectivity index (χ0) is 10.7.